The van der Waals surface area contributed by atoms with E-state index in [9.17, 15) is 0 Å². The van der Waals surface area contributed by atoms with Gasteiger partial charge in [-0.2, -0.15) is 0 Å². The Bertz CT molecular complexity index is 278. The van der Waals surface area contributed by atoms with Crippen molar-refractivity contribution in [2.24, 2.45) is 17.3 Å². The summed E-state index contributed by atoms with van der Waals surface area (Å²) in [5.74, 6) is 2.08. The van der Waals surface area contributed by atoms with Crippen LogP contribution in [0.2, 0.25) is 0 Å². The molecule has 0 aromatic carbocycles. The fraction of sp³-hybridized carbons (Fsp3) is 1.00. The van der Waals surface area contributed by atoms with E-state index in [1.54, 1.807) is 0 Å². The highest BCUT2D eigenvalue weighted by molar-refractivity contribution is 4.96. The van der Waals surface area contributed by atoms with Gasteiger partial charge in [0.1, 0.15) is 0 Å². The molecule has 0 spiro atoms. The van der Waals surface area contributed by atoms with Crippen molar-refractivity contribution in [2.45, 2.75) is 64.8 Å². The molecule has 110 valence electrons. The SMILES string of the molecule is CCC1(CC)CCN(CCNC(C2CC2)C2CC2)C1. The van der Waals surface area contributed by atoms with Gasteiger partial charge in [0, 0.05) is 25.7 Å². The lowest BCUT2D eigenvalue weighted by atomic mass is 9.82. The molecule has 1 aliphatic heterocycles. The van der Waals surface area contributed by atoms with Gasteiger partial charge in [-0.25, -0.2) is 0 Å². The summed E-state index contributed by atoms with van der Waals surface area (Å²) < 4.78 is 0. The highest BCUT2D eigenvalue weighted by Crippen LogP contribution is 2.44. The first-order chi connectivity index (χ1) is 9.26. The molecule has 2 saturated carbocycles. The molecular weight excluding hydrogens is 232 g/mol. The van der Waals surface area contributed by atoms with Gasteiger partial charge in [-0.05, 0) is 68.7 Å². The number of hydrogen-bond acceptors (Lipinski definition) is 2. The molecule has 0 bridgehead atoms. The Kier molecular flexibility index (Phi) is 4.19. The molecule has 1 N–H and O–H groups in total. The van der Waals surface area contributed by atoms with Gasteiger partial charge >= 0.3 is 0 Å². The number of likely N-dealkylation sites (tertiary alicyclic amines) is 1. The van der Waals surface area contributed by atoms with Gasteiger partial charge in [0.15, 0.2) is 0 Å². The van der Waals surface area contributed by atoms with Gasteiger partial charge in [0.25, 0.3) is 0 Å². The summed E-state index contributed by atoms with van der Waals surface area (Å²) in [5.41, 5.74) is 0.645. The number of nitrogens with one attached hydrogen (secondary N) is 1. The lowest BCUT2D eigenvalue weighted by Gasteiger charge is -2.27. The Hall–Kier alpha value is -0.0800. The van der Waals surface area contributed by atoms with Crippen LogP contribution in [0.1, 0.15) is 58.8 Å². The Labute approximate surface area is 119 Å². The van der Waals surface area contributed by atoms with Crippen LogP contribution in [0.25, 0.3) is 0 Å². The smallest absolute Gasteiger partial charge is 0.0124 e. The molecule has 3 rings (SSSR count). The zero-order chi connectivity index (χ0) is 13.3. The van der Waals surface area contributed by atoms with Crippen molar-refractivity contribution in [3.05, 3.63) is 0 Å². The van der Waals surface area contributed by atoms with Crippen LogP contribution < -0.4 is 5.32 Å². The van der Waals surface area contributed by atoms with Crippen molar-refractivity contribution in [2.75, 3.05) is 26.2 Å². The van der Waals surface area contributed by atoms with Crippen molar-refractivity contribution in [3.63, 3.8) is 0 Å². The molecule has 0 amide bonds. The minimum atomic E-state index is 0.645. The van der Waals surface area contributed by atoms with Crippen molar-refractivity contribution in [1.82, 2.24) is 10.2 Å². The molecule has 3 fully saturated rings. The van der Waals surface area contributed by atoms with Crippen LogP contribution in [-0.2, 0) is 0 Å². The Morgan fingerprint density at radius 2 is 1.74 bits per heavy atom. The van der Waals surface area contributed by atoms with E-state index in [2.05, 4.69) is 24.1 Å². The summed E-state index contributed by atoms with van der Waals surface area (Å²) in [6.45, 7) is 9.93. The van der Waals surface area contributed by atoms with Crippen LogP contribution >= 0.6 is 0 Å². The standard InChI is InChI=1S/C17H32N2/c1-3-17(4-2)9-11-19(13-17)12-10-18-16(14-5-6-14)15-7-8-15/h14-16,18H,3-13H2,1-2H3. The molecule has 1 heterocycles. The molecule has 19 heavy (non-hydrogen) atoms. The quantitative estimate of drug-likeness (QED) is 0.724. The molecule has 2 heteroatoms. The molecule has 0 aromatic rings. The fourth-order valence-electron chi connectivity index (χ4n) is 4.06. The molecule has 1 saturated heterocycles. The van der Waals surface area contributed by atoms with Gasteiger partial charge in [-0.3, -0.25) is 0 Å². The highest BCUT2D eigenvalue weighted by Gasteiger charge is 2.41. The van der Waals surface area contributed by atoms with Crippen molar-refractivity contribution >= 4 is 0 Å². The summed E-state index contributed by atoms with van der Waals surface area (Å²) in [7, 11) is 0. The summed E-state index contributed by atoms with van der Waals surface area (Å²) in [5, 5.41) is 3.89. The van der Waals surface area contributed by atoms with E-state index in [-0.39, 0.29) is 0 Å². The van der Waals surface area contributed by atoms with Crippen molar-refractivity contribution < 1.29 is 0 Å². The van der Waals surface area contributed by atoms with Gasteiger partial charge in [-0.15, -0.1) is 0 Å². The van der Waals surface area contributed by atoms with Gasteiger partial charge in [0.05, 0.1) is 0 Å². The summed E-state index contributed by atoms with van der Waals surface area (Å²) in [6.07, 6.45) is 10.1. The van der Waals surface area contributed by atoms with E-state index in [4.69, 9.17) is 0 Å². The Morgan fingerprint density at radius 3 is 2.21 bits per heavy atom. The minimum Gasteiger partial charge on any atom is -0.312 e. The van der Waals surface area contributed by atoms with Crippen LogP contribution in [0.5, 0.6) is 0 Å². The average molecular weight is 264 g/mol. The van der Waals surface area contributed by atoms with Crippen LogP contribution in [0.3, 0.4) is 0 Å². The third kappa shape index (κ3) is 3.33. The van der Waals surface area contributed by atoms with Crippen molar-refractivity contribution in [1.29, 1.82) is 0 Å². The normalized spacial score (nSPS) is 27.3. The van der Waals surface area contributed by atoms with Gasteiger partial charge in [-0.1, -0.05) is 13.8 Å². The predicted molar refractivity (Wildman–Crippen MR) is 81.3 cm³/mol. The monoisotopic (exact) mass is 264 g/mol. The van der Waals surface area contributed by atoms with E-state index in [0.29, 0.717) is 5.41 Å². The summed E-state index contributed by atoms with van der Waals surface area (Å²) >= 11 is 0. The van der Waals surface area contributed by atoms with Crippen LogP contribution in [0.4, 0.5) is 0 Å². The average Bonchev–Trinajstić information content (AvgIpc) is 3.34. The first-order valence-electron chi connectivity index (χ1n) is 8.72. The maximum absolute atomic E-state index is 3.89. The molecule has 0 aromatic heterocycles. The lowest BCUT2D eigenvalue weighted by Crippen LogP contribution is -2.39. The maximum Gasteiger partial charge on any atom is 0.0124 e. The summed E-state index contributed by atoms with van der Waals surface area (Å²) in [6, 6.07) is 0.879. The maximum atomic E-state index is 3.89. The molecule has 0 unspecified atom stereocenters. The van der Waals surface area contributed by atoms with Crippen LogP contribution in [-0.4, -0.2) is 37.1 Å². The second-order valence-corrected chi connectivity index (χ2v) is 7.39. The number of nitrogens with zero attached hydrogens (tertiary/aromatic N) is 1. The Morgan fingerprint density at radius 1 is 1.11 bits per heavy atom. The van der Waals surface area contributed by atoms with Gasteiger partial charge < -0.3 is 10.2 Å². The molecule has 2 nitrogen and oxygen atoms in total. The van der Waals surface area contributed by atoms with E-state index >= 15 is 0 Å². The first kappa shape index (κ1) is 13.9. The highest BCUT2D eigenvalue weighted by atomic mass is 15.2. The zero-order valence-corrected chi connectivity index (χ0v) is 13.0. The third-order valence-corrected chi connectivity index (χ3v) is 6.09. The van der Waals surface area contributed by atoms with Crippen LogP contribution in [0.15, 0.2) is 0 Å². The molecule has 3 aliphatic rings. The molecule has 0 atom stereocenters. The molecule has 0 radical (unpaired) electrons. The molecular formula is C17H32N2. The van der Waals surface area contributed by atoms with Crippen molar-refractivity contribution in [3.8, 4) is 0 Å². The topological polar surface area (TPSA) is 15.3 Å². The van der Waals surface area contributed by atoms with E-state index in [1.165, 1.54) is 71.1 Å². The van der Waals surface area contributed by atoms with Gasteiger partial charge in [0.2, 0.25) is 0 Å². The Balaban J connectivity index is 1.38. The largest absolute Gasteiger partial charge is 0.312 e. The number of rotatable bonds is 8. The number of hydrogen-bond donors (Lipinski definition) is 1. The second-order valence-electron chi connectivity index (χ2n) is 7.39. The zero-order valence-electron chi connectivity index (χ0n) is 13.0. The third-order valence-electron chi connectivity index (χ3n) is 6.09. The molecule has 2 aliphatic carbocycles. The summed E-state index contributed by atoms with van der Waals surface area (Å²) in [4.78, 5) is 2.71. The minimum absolute atomic E-state index is 0.645. The first-order valence-corrected chi connectivity index (χ1v) is 8.72. The van der Waals surface area contributed by atoms with E-state index in [0.717, 1.165) is 17.9 Å². The fourth-order valence-corrected chi connectivity index (χ4v) is 4.06. The van der Waals surface area contributed by atoms with E-state index in [1.807, 2.05) is 0 Å². The lowest BCUT2D eigenvalue weighted by molar-refractivity contribution is 0.237. The van der Waals surface area contributed by atoms with E-state index < -0.39 is 0 Å². The predicted octanol–water partition coefficient (Wildman–Crippen LogP) is 3.28. The second kappa shape index (κ2) is 5.73. The van der Waals surface area contributed by atoms with Crippen LogP contribution in [0, 0.1) is 17.3 Å².